The molecule has 2 aromatic heterocycles. The molecular formula is C29H28FN3O3. The number of nitrogens with zero attached hydrogens (tertiary/aromatic N) is 2. The molecule has 0 saturated heterocycles. The van der Waals surface area contributed by atoms with E-state index in [9.17, 15) is 14.0 Å². The van der Waals surface area contributed by atoms with Crippen LogP contribution in [0.5, 0.6) is 0 Å². The Morgan fingerprint density at radius 1 is 0.944 bits per heavy atom. The first-order valence-electron chi connectivity index (χ1n) is 12.3. The topological polar surface area (TPSA) is 75.4 Å². The highest BCUT2D eigenvalue weighted by Gasteiger charge is 2.29. The van der Waals surface area contributed by atoms with E-state index in [1.807, 2.05) is 30.3 Å². The van der Waals surface area contributed by atoms with Crippen molar-refractivity contribution in [1.29, 1.82) is 0 Å². The molecule has 0 unspecified atom stereocenters. The van der Waals surface area contributed by atoms with Crippen LogP contribution in [0.25, 0.3) is 11.0 Å². The van der Waals surface area contributed by atoms with Gasteiger partial charge in [-0.25, -0.2) is 4.39 Å². The van der Waals surface area contributed by atoms with Crippen LogP contribution < -0.4 is 5.32 Å². The summed E-state index contributed by atoms with van der Waals surface area (Å²) >= 11 is 0. The van der Waals surface area contributed by atoms with Gasteiger partial charge < -0.3 is 14.6 Å². The maximum Gasteiger partial charge on any atom is 0.292 e. The van der Waals surface area contributed by atoms with Crippen molar-refractivity contribution in [3.63, 3.8) is 0 Å². The number of fused-ring (bicyclic) bond motifs is 1. The number of carbonyl (C=O) groups excluding carboxylic acids is 2. The number of anilines is 1. The average molecular weight is 486 g/mol. The lowest BCUT2D eigenvalue weighted by atomic mass is 9.88. The maximum absolute atomic E-state index is 14.0. The summed E-state index contributed by atoms with van der Waals surface area (Å²) in [6.07, 6.45) is 8.29. The van der Waals surface area contributed by atoms with Gasteiger partial charge in [-0.2, -0.15) is 0 Å². The average Bonchev–Trinajstić information content (AvgIpc) is 3.28. The van der Waals surface area contributed by atoms with Gasteiger partial charge in [0.1, 0.15) is 17.1 Å². The van der Waals surface area contributed by atoms with Crippen LogP contribution in [0.4, 0.5) is 10.1 Å². The summed E-state index contributed by atoms with van der Waals surface area (Å²) in [5.74, 6) is -0.757. The van der Waals surface area contributed by atoms with E-state index in [-0.39, 0.29) is 42.4 Å². The van der Waals surface area contributed by atoms with Gasteiger partial charge in [-0.05, 0) is 54.3 Å². The number of benzene rings is 2. The molecule has 7 heteroatoms. The number of rotatable bonds is 7. The molecule has 1 aliphatic rings. The van der Waals surface area contributed by atoms with Gasteiger partial charge in [-0.1, -0.05) is 49.6 Å². The highest BCUT2D eigenvalue weighted by atomic mass is 19.1. The van der Waals surface area contributed by atoms with E-state index in [1.165, 1.54) is 12.1 Å². The third kappa shape index (κ3) is 5.30. The smallest absolute Gasteiger partial charge is 0.292 e. The number of aromatic nitrogens is 1. The molecule has 1 saturated carbocycles. The quantitative estimate of drug-likeness (QED) is 0.332. The first-order valence-corrected chi connectivity index (χ1v) is 12.3. The molecule has 0 radical (unpaired) electrons. The van der Waals surface area contributed by atoms with Gasteiger partial charge in [-0.3, -0.25) is 14.6 Å². The first-order chi connectivity index (χ1) is 17.6. The third-order valence-corrected chi connectivity index (χ3v) is 6.68. The minimum absolute atomic E-state index is 0.0684. The SMILES string of the molecule is O=C(Nc1c(C(=O)N(Cc2ccc(F)cc2)Cc2cccnc2)oc2ccccc12)C1CCCCC1. The van der Waals surface area contributed by atoms with Crippen LogP contribution in [-0.2, 0) is 17.9 Å². The van der Waals surface area contributed by atoms with Crippen molar-refractivity contribution in [1.82, 2.24) is 9.88 Å². The fourth-order valence-corrected chi connectivity index (χ4v) is 4.78. The molecule has 0 atom stereocenters. The minimum atomic E-state index is -0.363. The molecule has 1 fully saturated rings. The summed E-state index contributed by atoms with van der Waals surface area (Å²) in [7, 11) is 0. The minimum Gasteiger partial charge on any atom is -0.449 e. The zero-order valence-corrected chi connectivity index (χ0v) is 20.0. The third-order valence-electron chi connectivity index (χ3n) is 6.68. The number of hydrogen-bond acceptors (Lipinski definition) is 4. The molecular weight excluding hydrogens is 457 g/mol. The lowest BCUT2D eigenvalue weighted by molar-refractivity contribution is -0.120. The van der Waals surface area contributed by atoms with Crippen molar-refractivity contribution in [3.8, 4) is 0 Å². The van der Waals surface area contributed by atoms with E-state index in [4.69, 9.17) is 4.42 Å². The monoisotopic (exact) mass is 485 g/mol. The Kier molecular flexibility index (Phi) is 7.07. The molecule has 184 valence electrons. The number of halogens is 1. The summed E-state index contributed by atoms with van der Waals surface area (Å²) in [6.45, 7) is 0.512. The predicted molar refractivity (Wildman–Crippen MR) is 136 cm³/mol. The predicted octanol–water partition coefficient (Wildman–Crippen LogP) is 6.33. The van der Waals surface area contributed by atoms with Crippen LogP contribution in [-0.4, -0.2) is 21.7 Å². The molecule has 4 aromatic rings. The second kappa shape index (κ2) is 10.7. The van der Waals surface area contributed by atoms with Crippen molar-refractivity contribution in [2.24, 2.45) is 5.92 Å². The Hall–Kier alpha value is -4.00. The Bertz CT molecular complexity index is 1350. The Morgan fingerprint density at radius 3 is 2.44 bits per heavy atom. The fourth-order valence-electron chi connectivity index (χ4n) is 4.78. The molecule has 1 aliphatic carbocycles. The largest absolute Gasteiger partial charge is 0.449 e. The van der Waals surface area contributed by atoms with Gasteiger partial charge in [0.2, 0.25) is 11.7 Å². The van der Waals surface area contributed by atoms with Crippen LogP contribution in [0.15, 0.2) is 77.5 Å². The van der Waals surface area contributed by atoms with Gasteiger partial charge in [0.15, 0.2) is 0 Å². The molecule has 6 nitrogen and oxygen atoms in total. The van der Waals surface area contributed by atoms with Gasteiger partial charge in [0.25, 0.3) is 5.91 Å². The fraction of sp³-hybridized carbons (Fsp3) is 0.276. The molecule has 5 rings (SSSR count). The number of nitrogens with one attached hydrogen (secondary N) is 1. The number of para-hydroxylation sites is 1. The summed E-state index contributed by atoms with van der Waals surface area (Å²) in [6, 6.07) is 17.1. The van der Waals surface area contributed by atoms with Crippen molar-refractivity contribution in [3.05, 3.63) is 95.8 Å². The maximum atomic E-state index is 14.0. The van der Waals surface area contributed by atoms with E-state index in [0.717, 1.165) is 43.2 Å². The molecule has 2 amide bonds. The summed E-state index contributed by atoms with van der Waals surface area (Å²) < 4.78 is 19.5. The zero-order chi connectivity index (χ0) is 24.9. The number of carbonyl (C=O) groups is 2. The van der Waals surface area contributed by atoms with Crippen molar-refractivity contribution < 1.29 is 18.4 Å². The van der Waals surface area contributed by atoms with Crippen molar-refractivity contribution in [2.45, 2.75) is 45.2 Å². The van der Waals surface area contributed by atoms with Crippen LogP contribution in [0, 0.1) is 11.7 Å². The molecule has 1 N–H and O–H groups in total. The standard InChI is InChI=1S/C29H28FN3O3/c30-23-14-12-20(13-15-23)18-33(19-21-7-6-16-31-17-21)29(35)27-26(24-10-4-5-11-25(24)36-27)32-28(34)22-8-2-1-3-9-22/h4-7,10-17,22H,1-3,8-9,18-19H2,(H,32,34). The highest BCUT2D eigenvalue weighted by Crippen LogP contribution is 2.34. The van der Waals surface area contributed by atoms with Gasteiger partial charge in [0, 0.05) is 36.8 Å². The Labute approximate surface area is 209 Å². The second-order valence-electron chi connectivity index (χ2n) is 9.28. The van der Waals surface area contributed by atoms with E-state index in [2.05, 4.69) is 10.3 Å². The van der Waals surface area contributed by atoms with E-state index < -0.39 is 0 Å². The molecule has 2 heterocycles. The first kappa shape index (κ1) is 23.7. The summed E-state index contributed by atoms with van der Waals surface area (Å²) in [4.78, 5) is 32.9. The van der Waals surface area contributed by atoms with Crippen LogP contribution in [0.2, 0.25) is 0 Å². The highest BCUT2D eigenvalue weighted by molar-refractivity contribution is 6.11. The number of pyridine rings is 1. The molecule has 0 bridgehead atoms. The summed E-state index contributed by atoms with van der Waals surface area (Å²) in [5.41, 5.74) is 2.55. The normalized spacial score (nSPS) is 14.0. The van der Waals surface area contributed by atoms with E-state index in [1.54, 1.807) is 35.5 Å². The number of amides is 2. The van der Waals surface area contributed by atoms with Gasteiger partial charge in [-0.15, -0.1) is 0 Å². The summed E-state index contributed by atoms with van der Waals surface area (Å²) in [5, 5.41) is 3.72. The number of furan rings is 1. The lowest BCUT2D eigenvalue weighted by Crippen LogP contribution is -2.31. The Morgan fingerprint density at radius 2 is 1.69 bits per heavy atom. The number of hydrogen-bond donors (Lipinski definition) is 1. The van der Waals surface area contributed by atoms with Crippen LogP contribution in [0.3, 0.4) is 0 Å². The zero-order valence-electron chi connectivity index (χ0n) is 20.0. The van der Waals surface area contributed by atoms with E-state index in [0.29, 0.717) is 16.7 Å². The van der Waals surface area contributed by atoms with Crippen LogP contribution in [0.1, 0.15) is 53.8 Å². The Balaban J connectivity index is 1.50. The van der Waals surface area contributed by atoms with Crippen LogP contribution >= 0.6 is 0 Å². The molecule has 0 aliphatic heterocycles. The van der Waals surface area contributed by atoms with Gasteiger partial charge >= 0.3 is 0 Å². The van der Waals surface area contributed by atoms with Crippen molar-refractivity contribution >= 4 is 28.5 Å². The lowest BCUT2D eigenvalue weighted by Gasteiger charge is -2.23. The van der Waals surface area contributed by atoms with Crippen molar-refractivity contribution in [2.75, 3.05) is 5.32 Å². The van der Waals surface area contributed by atoms with Gasteiger partial charge in [0.05, 0.1) is 0 Å². The molecule has 0 spiro atoms. The molecule has 36 heavy (non-hydrogen) atoms. The van der Waals surface area contributed by atoms with E-state index >= 15 is 0 Å². The molecule has 2 aromatic carbocycles. The second-order valence-corrected chi connectivity index (χ2v) is 9.28.